The molecule has 1 aromatic rings. The van der Waals surface area contributed by atoms with Gasteiger partial charge in [-0.1, -0.05) is 29.8 Å². The zero-order valence-electron chi connectivity index (χ0n) is 8.65. The molecular weight excluding hydrogens is 324 g/mol. The lowest BCUT2D eigenvalue weighted by Crippen LogP contribution is -2.23. The Morgan fingerprint density at radius 3 is 2.29 bits per heavy atom. The minimum atomic E-state index is 0.449. The van der Waals surface area contributed by atoms with Crippen molar-refractivity contribution in [2.45, 2.75) is 33.1 Å². The van der Waals surface area contributed by atoms with E-state index in [0.29, 0.717) is 5.41 Å². The Hall–Kier alpha value is 0.660. The maximum atomic E-state index is 3.65. The van der Waals surface area contributed by atoms with E-state index < -0.39 is 0 Å². The van der Waals surface area contributed by atoms with Crippen LogP contribution in [0.25, 0.3) is 0 Å². The highest BCUT2D eigenvalue weighted by Crippen LogP contribution is 2.35. The van der Waals surface area contributed by atoms with Gasteiger partial charge < -0.3 is 0 Å². The van der Waals surface area contributed by atoms with Crippen LogP contribution in [0.1, 0.15) is 31.6 Å². The summed E-state index contributed by atoms with van der Waals surface area (Å²) < 4.78 is 1.24. The number of rotatable bonds is 5. The van der Waals surface area contributed by atoms with Crippen LogP contribution < -0.4 is 0 Å². The number of halogens is 2. The molecule has 0 bridgehead atoms. The molecule has 0 nitrogen and oxygen atoms in total. The van der Waals surface area contributed by atoms with E-state index >= 15 is 0 Å². The van der Waals surface area contributed by atoms with Crippen LogP contribution in [0.2, 0.25) is 0 Å². The van der Waals surface area contributed by atoms with Gasteiger partial charge in [0.2, 0.25) is 0 Å². The van der Waals surface area contributed by atoms with Gasteiger partial charge in [-0.2, -0.15) is 0 Å². The first kappa shape index (κ1) is 12.7. The van der Waals surface area contributed by atoms with E-state index in [2.05, 4.69) is 57.8 Å². The van der Waals surface area contributed by atoms with Gasteiger partial charge in [-0.3, -0.25) is 0 Å². The Morgan fingerprint density at radius 1 is 1.29 bits per heavy atom. The van der Waals surface area contributed by atoms with Crippen LogP contribution in [-0.4, -0.2) is 5.33 Å². The predicted molar refractivity (Wildman–Crippen MR) is 72.5 cm³/mol. The second-order valence-corrected chi connectivity index (χ2v) is 6.83. The van der Waals surface area contributed by atoms with Crippen molar-refractivity contribution in [1.82, 2.24) is 0 Å². The second-order valence-electron chi connectivity index (χ2n) is 3.72. The Morgan fingerprint density at radius 2 is 1.93 bits per heavy atom. The van der Waals surface area contributed by atoms with E-state index in [1.54, 1.807) is 0 Å². The summed E-state index contributed by atoms with van der Waals surface area (Å²) in [6.45, 7) is 4.57. The minimum Gasteiger partial charge on any atom is -0.133 e. The molecule has 1 rings (SSSR count). The Labute approximate surface area is 107 Å². The third-order valence-corrected chi connectivity index (χ3v) is 5.77. The molecule has 0 spiro atoms. The average molecular weight is 340 g/mol. The Kier molecular flexibility index (Phi) is 5.15. The van der Waals surface area contributed by atoms with Crippen LogP contribution >= 0.6 is 43.2 Å². The Bertz CT molecular complexity index is 268. The first-order chi connectivity index (χ1) is 6.65. The molecule has 0 atom stereocenters. The van der Waals surface area contributed by atoms with Gasteiger partial charge in [0.25, 0.3) is 0 Å². The normalized spacial score (nSPS) is 12.0. The topological polar surface area (TPSA) is 0 Å². The molecule has 14 heavy (non-hydrogen) atoms. The summed E-state index contributed by atoms with van der Waals surface area (Å²) in [5.74, 6) is 0. The average Bonchev–Trinajstić information content (AvgIpc) is 2.61. The third-order valence-electron chi connectivity index (χ3n) is 2.96. The summed E-state index contributed by atoms with van der Waals surface area (Å²) in [5, 5.41) is 1.10. The number of alkyl halides is 1. The lowest BCUT2D eigenvalue weighted by Gasteiger charge is -2.28. The standard InChI is InChI=1S/C11H16Br2S/c1-3-11(4-2,8-12)7-9-5-6-10(13)14-9/h5-6H,3-4,7-8H2,1-2H3. The quantitative estimate of drug-likeness (QED) is 0.642. The highest BCUT2D eigenvalue weighted by Gasteiger charge is 2.25. The summed E-state index contributed by atoms with van der Waals surface area (Å²) in [4.78, 5) is 1.49. The summed E-state index contributed by atoms with van der Waals surface area (Å²) >= 11 is 9.02. The van der Waals surface area contributed by atoms with Gasteiger partial charge in [0.15, 0.2) is 0 Å². The van der Waals surface area contributed by atoms with Gasteiger partial charge in [0.1, 0.15) is 0 Å². The molecule has 0 fully saturated rings. The largest absolute Gasteiger partial charge is 0.133 e. The second kappa shape index (κ2) is 5.66. The molecule has 0 radical (unpaired) electrons. The Balaban J connectivity index is 2.73. The molecule has 0 saturated carbocycles. The van der Waals surface area contributed by atoms with Crippen LogP contribution in [0.4, 0.5) is 0 Å². The lowest BCUT2D eigenvalue weighted by atomic mass is 9.81. The van der Waals surface area contributed by atoms with E-state index in [0.717, 1.165) is 5.33 Å². The first-order valence-corrected chi connectivity index (χ1v) is 7.69. The van der Waals surface area contributed by atoms with Crippen molar-refractivity contribution in [1.29, 1.82) is 0 Å². The molecule has 0 aromatic carbocycles. The van der Waals surface area contributed by atoms with Gasteiger partial charge in [-0.25, -0.2) is 0 Å². The van der Waals surface area contributed by atoms with E-state index in [-0.39, 0.29) is 0 Å². The smallest absolute Gasteiger partial charge is 0.0701 e. The van der Waals surface area contributed by atoms with Crippen molar-refractivity contribution in [3.63, 3.8) is 0 Å². The van der Waals surface area contributed by atoms with Gasteiger partial charge in [0.05, 0.1) is 3.79 Å². The molecular formula is C11H16Br2S. The summed E-state index contributed by atoms with van der Waals surface area (Å²) in [6.07, 6.45) is 3.68. The highest BCUT2D eigenvalue weighted by atomic mass is 79.9. The van der Waals surface area contributed by atoms with E-state index in [1.165, 1.54) is 27.9 Å². The van der Waals surface area contributed by atoms with Crippen molar-refractivity contribution in [3.05, 3.63) is 20.8 Å². The summed E-state index contributed by atoms with van der Waals surface area (Å²) in [7, 11) is 0. The first-order valence-electron chi connectivity index (χ1n) is 4.96. The number of hydrogen-bond acceptors (Lipinski definition) is 1. The zero-order chi connectivity index (χ0) is 10.6. The number of hydrogen-bond donors (Lipinski definition) is 0. The van der Waals surface area contributed by atoms with Crippen LogP contribution in [0.15, 0.2) is 15.9 Å². The molecule has 0 N–H and O–H groups in total. The van der Waals surface area contributed by atoms with E-state index in [9.17, 15) is 0 Å². The van der Waals surface area contributed by atoms with E-state index in [1.807, 2.05) is 11.3 Å². The number of thiophene rings is 1. The fourth-order valence-corrected chi connectivity index (χ4v) is 4.20. The molecule has 0 unspecified atom stereocenters. The van der Waals surface area contributed by atoms with Crippen molar-refractivity contribution in [3.8, 4) is 0 Å². The monoisotopic (exact) mass is 338 g/mol. The van der Waals surface area contributed by atoms with Crippen molar-refractivity contribution in [2.24, 2.45) is 5.41 Å². The van der Waals surface area contributed by atoms with Crippen molar-refractivity contribution < 1.29 is 0 Å². The fraction of sp³-hybridized carbons (Fsp3) is 0.636. The molecule has 1 heterocycles. The van der Waals surface area contributed by atoms with Crippen LogP contribution in [0, 0.1) is 5.41 Å². The maximum Gasteiger partial charge on any atom is 0.0701 e. The molecule has 3 heteroatoms. The highest BCUT2D eigenvalue weighted by molar-refractivity contribution is 9.11. The third kappa shape index (κ3) is 3.07. The maximum absolute atomic E-state index is 3.65. The molecule has 0 aliphatic heterocycles. The predicted octanol–water partition coefficient (Wildman–Crippen LogP) is 5.25. The SMILES string of the molecule is CCC(CC)(CBr)Cc1ccc(Br)s1. The van der Waals surface area contributed by atoms with Gasteiger partial charge in [-0.05, 0) is 52.7 Å². The lowest BCUT2D eigenvalue weighted by molar-refractivity contribution is 0.309. The summed E-state index contributed by atoms with van der Waals surface area (Å²) in [6, 6.07) is 4.38. The molecule has 0 saturated heterocycles. The summed E-state index contributed by atoms with van der Waals surface area (Å²) in [5.41, 5.74) is 0.449. The molecule has 0 aliphatic rings. The molecule has 80 valence electrons. The van der Waals surface area contributed by atoms with Gasteiger partial charge in [0, 0.05) is 10.2 Å². The fourth-order valence-electron chi connectivity index (χ4n) is 1.55. The van der Waals surface area contributed by atoms with Crippen LogP contribution in [0.3, 0.4) is 0 Å². The van der Waals surface area contributed by atoms with Gasteiger partial charge in [-0.15, -0.1) is 11.3 Å². The molecule has 1 aromatic heterocycles. The van der Waals surface area contributed by atoms with Gasteiger partial charge >= 0.3 is 0 Å². The zero-order valence-corrected chi connectivity index (χ0v) is 12.6. The molecule has 0 aliphatic carbocycles. The van der Waals surface area contributed by atoms with Crippen molar-refractivity contribution in [2.75, 3.05) is 5.33 Å². The van der Waals surface area contributed by atoms with Crippen LogP contribution in [0.5, 0.6) is 0 Å². The molecule has 0 amide bonds. The minimum absolute atomic E-state index is 0.449. The van der Waals surface area contributed by atoms with Crippen molar-refractivity contribution >= 4 is 43.2 Å². The van der Waals surface area contributed by atoms with E-state index in [4.69, 9.17) is 0 Å². The van der Waals surface area contributed by atoms with Crippen LogP contribution in [-0.2, 0) is 6.42 Å².